The number of nitrogens with two attached hydrogens (primary N) is 1. The molecule has 5 nitrogen and oxygen atoms in total. The highest BCUT2D eigenvalue weighted by Gasteiger charge is 2.15. The van der Waals surface area contributed by atoms with E-state index in [1.54, 1.807) is 6.07 Å². The van der Waals surface area contributed by atoms with Crippen LogP contribution in [0.15, 0.2) is 41.4 Å². The first-order valence-corrected chi connectivity index (χ1v) is 7.98. The van der Waals surface area contributed by atoms with Gasteiger partial charge in [-0.25, -0.2) is 13.1 Å². The van der Waals surface area contributed by atoms with Gasteiger partial charge in [0.2, 0.25) is 10.0 Å². The largest absolute Gasteiger partial charge is 0.363 e. The zero-order chi connectivity index (χ0) is 14.6. The van der Waals surface area contributed by atoms with E-state index in [4.69, 9.17) is 5.73 Å². The monoisotopic (exact) mass is 293 g/mol. The van der Waals surface area contributed by atoms with Gasteiger partial charge < -0.3 is 10.7 Å². The van der Waals surface area contributed by atoms with Gasteiger partial charge in [-0.05, 0) is 23.6 Å². The van der Waals surface area contributed by atoms with E-state index in [0.29, 0.717) is 5.69 Å². The molecule has 0 unspecified atom stereocenters. The highest BCUT2D eigenvalue weighted by molar-refractivity contribution is 7.89. The summed E-state index contributed by atoms with van der Waals surface area (Å²) in [6, 6.07) is 9.43. The first kappa shape index (κ1) is 14.8. The standard InChI is InChI=1S/C14H19N3O2S/c1-2-11-3-5-12(6-4-11)9-17-20(18,19)14-7-13(8-15)16-10-14/h3-7,10,16-17H,2,8-9,15H2,1H3. The van der Waals surface area contributed by atoms with E-state index in [9.17, 15) is 8.42 Å². The fourth-order valence-corrected chi connectivity index (χ4v) is 2.88. The molecule has 0 aliphatic heterocycles. The van der Waals surface area contributed by atoms with Gasteiger partial charge in [0, 0.05) is 25.0 Å². The number of benzene rings is 1. The van der Waals surface area contributed by atoms with Crippen LogP contribution in [-0.4, -0.2) is 13.4 Å². The van der Waals surface area contributed by atoms with Crippen molar-refractivity contribution in [3.63, 3.8) is 0 Å². The molecule has 6 heteroatoms. The van der Waals surface area contributed by atoms with Gasteiger partial charge in [0.05, 0.1) is 4.90 Å². The molecule has 0 saturated heterocycles. The maximum Gasteiger partial charge on any atom is 0.242 e. The molecule has 108 valence electrons. The molecule has 2 rings (SSSR count). The smallest absolute Gasteiger partial charge is 0.242 e. The molecule has 2 aromatic rings. The molecule has 0 aliphatic carbocycles. The highest BCUT2D eigenvalue weighted by atomic mass is 32.2. The number of H-pyrrole nitrogens is 1. The summed E-state index contributed by atoms with van der Waals surface area (Å²) in [7, 11) is -3.50. The number of aromatic nitrogens is 1. The molecule has 1 aromatic heterocycles. The quantitative estimate of drug-likeness (QED) is 0.754. The fraction of sp³-hybridized carbons (Fsp3) is 0.286. The topological polar surface area (TPSA) is 88.0 Å². The van der Waals surface area contributed by atoms with Crippen LogP contribution in [0.4, 0.5) is 0 Å². The van der Waals surface area contributed by atoms with E-state index in [2.05, 4.69) is 16.6 Å². The minimum Gasteiger partial charge on any atom is -0.363 e. The summed E-state index contributed by atoms with van der Waals surface area (Å²) >= 11 is 0. The van der Waals surface area contributed by atoms with E-state index < -0.39 is 10.0 Å². The number of sulfonamides is 1. The van der Waals surface area contributed by atoms with Gasteiger partial charge in [-0.15, -0.1) is 0 Å². The van der Waals surface area contributed by atoms with Crippen LogP contribution in [0.1, 0.15) is 23.7 Å². The maximum absolute atomic E-state index is 12.1. The van der Waals surface area contributed by atoms with Crippen molar-refractivity contribution in [2.24, 2.45) is 5.73 Å². The number of rotatable bonds is 6. The van der Waals surface area contributed by atoms with Crippen molar-refractivity contribution in [3.8, 4) is 0 Å². The SMILES string of the molecule is CCc1ccc(CNS(=O)(=O)c2c[nH]c(CN)c2)cc1. The molecular weight excluding hydrogens is 274 g/mol. The second-order valence-electron chi connectivity index (χ2n) is 4.56. The Morgan fingerprint density at radius 1 is 1.20 bits per heavy atom. The maximum atomic E-state index is 12.1. The Morgan fingerprint density at radius 2 is 1.85 bits per heavy atom. The molecule has 0 radical (unpaired) electrons. The first-order chi connectivity index (χ1) is 9.55. The van der Waals surface area contributed by atoms with Crippen LogP contribution >= 0.6 is 0 Å². The normalized spacial score (nSPS) is 11.7. The zero-order valence-electron chi connectivity index (χ0n) is 11.4. The molecule has 0 fully saturated rings. The van der Waals surface area contributed by atoms with E-state index in [1.165, 1.54) is 11.8 Å². The molecule has 4 N–H and O–H groups in total. The van der Waals surface area contributed by atoms with E-state index in [0.717, 1.165) is 12.0 Å². The van der Waals surface area contributed by atoms with Gasteiger partial charge >= 0.3 is 0 Å². The van der Waals surface area contributed by atoms with Crippen LogP contribution in [0.3, 0.4) is 0 Å². The summed E-state index contributed by atoms with van der Waals surface area (Å²) in [6.07, 6.45) is 2.42. The van der Waals surface area contributed by atoms with Crippen LogP contribution < -0.4 is 10.5 Å². The fourth-order valence-electron chi connectivity index (χ4n) is 1.85. The number of nitrogens with one attached hydrogen (secondary N) is 2. The Balaban J connectivity index is 2.04. The van der Waals surface area contributed by atoms with Crippen LogP contribution in [0.2, 0.25) is 0 Å². The van der Waals surface area contributed by atoms with Crippen molar-refractivity contribution >= 4 is 10.0 Å². The molecule has 20 heavy (non-hydrogen) atoms. The van der Waals surface area contributed by atoms with Crippen molar-refractivity contribution in [2.75, 3.05) is 0 Å². The predicted molar refractivity (Wildman–Crippen MR) is 78.5 cm³/mol. The van der Waals surface area contributed by atoms with Gasteiger partial charge in [-0.2, -0.15) is 0 Å². The third-order valence-corrected chi connectivity index (χ3v) is 4.52. The summed E-state index contributed by atoms with van der Waals surface area (Å²) in [5.41, 5.74) is 8.31. The van der Waals surface area contributed by atoms with Crippen LogP contribution in [-0.2, 0) is 29.5 Å². The lowest BCUT2D eigenvalue weighted by Crippen LogP contribution is -2.22. The number of aryl methyl sites for hydroxylation is 1. The molecule has 0 bridgehead atoms. The van der Waals surface area contributed by atoms with Crippen molar-refractivity contribution in [1.82, 2.24) is 9.71 Å². The Labute approximate surface area is 119 Å². The van der Waals surface area contributed by atoms with Crippen LogP contribution in [0, 0.1) is 0 Å². The minimum atomic E-state index is -3.50. The second-order valence-corrected chi connectivity index (χ2v) is 6.33. The van der Waals surface area contributed by atoms with E-state index in [1.807, 2.05) is 24.3 Å². The summed E-state index contributed by atoms with van der Waals surface area (Å²) in [5.74, 6) is 0. The Morgan fingerprint density at radius 3 is 2.40 bits per heavy atom. The molecule has 1 aromatic carbocycles. The number of hydrogen-bond acceptors (Lipinski definition) is 3. The lowest BCUT2D eigenvalue weighted by atomic mass is 10.1. The van der Waals surface area contributed by atoms with Crippen molar-refractivity contribution in [1.29, 1.82) is 0 Å². The first-order valence-electron chi connectivity index (χ1n) is 6.50. The minimum absolute atomic E-state index is 0.211. The molecule has 0 saturated carbocycles. The summed E-state index contributed by atoms with van der Waals surface area (Å²) < 4.78 is 26.7. The highest BCUT2D eigenvalue weighted by Crippen LogP contribution is 2.11. The van der Waals surface area contributed by atoms with Gasteiger partial charge in [0.25, 0.3) is 0 Å². The van der Waals surface area contributed by atoms with E-state index in [-0.39, 0.29) is 18.0 Å². The summed E-state index contributed by atoms with van der Waals surface area (Å²) in [5, 5.41) is 0. The van der Waals surface area contributed by atoms with Crippen molar-refractivity contribution < 1.29 is 8.42 Å². The average molecular weight is 293 g/mol. The molecule has 1 heterocycles. The third-order valence-electron chi connectivity index (χ3n) is 3.14. The zero-order valence-corrected chi connectivity index (χ0v) is 12.2. The summed E-state index contributed by atoms with van der Waals surface area (Å²) in [4.78, 5) is 3.04. The molecule has 0 atom stereocenters. The molecule has 0 aliphatic rings. The second kappa shape index (κ2) is 6.21. The molecular formula is C14H19N3O2S. The third kappa shape index (κ3) is 3.47. The van der Waals surface area contributed by atoms with Crippen molar-refractivity contribution in [2.45, 2.75) is 31.3 Å². The molecule has 0 spiro atoms. The number of aromatic amines is 1. The van der Waals surface area contributed by atoms with Crippen LogP contribution in [0.25, 0.3) is 0 Å². The van der Waals surface area contributed by atoms with Crippen molar-refractivity contribution in [3.05, 3.63) is 53.3 Å². The lowest BCUT2D eigenvalue weighted by molar-refractivity contribution is 0.581. The Hall–Kier alpha value is -1.63. The van der Waals surface area contributed by atoms with Gasteiger partial charge in [0.15, 0.2) is 0 Å². The number of hydrogen-bond donors (Lipinski definition) is 3. The Kier molecular flexibility index (Phi) is 4.59. The molecule has 0 amide bonds. The van der Waals surface area contributed by atoms with Gasteiger partial charge in [0.1, 0.15) is 0 Å². The Bertz CT molecular complexity index is 660. The summed E-state index contributed by atoms with van der Waals surface area (Å²) in [6.45, 7) is 2.64. The van der Waals surface area contributed by atoms with Crippen LogP contribution in [0.5, 0.6) is 0 Å². The predicted octanol–water partition coefficient (Wildman–Crippen LogP) is 1.51. The van der Waals surface area contributed by atoms with Gasteiger partial charge in [-0.1, -0.05) is 31.2 Å². The average Bonchev–Trinajstić information content (AvgIpc) is 2.95. The lowest BCUT2D eigenvalue weighted by Gasteiger charge is -2.06. The van der Waals surface area contributed by atoms with Gasteiger partial charge in [-0.3, -0.25) is 0 Å². The van der Waals surface area contributed by atoms with E-state index >= 15 is 0 Å².